The number of carbonyl (C=O) groups is 2. The number of nitrogens with one attached hydrogen (secondary N) is 1. The van der Waals surface area contributed by atoms with Crippen LogP contribution in [0.25, 0.3) is 0 Å². The highest BCUT2D eigenvalue weighted by Gasteiger charge is 2.38. The zero-order valence-electron chi connectivity index (χ0n) is 13.9. The Balaban J connectivity index is 2.75. The molecule has 0 saturated carbocycles. The third-order valence-corrected chi connectivity index (χ3v) is 3.78. The zero-order chi connectivity index (χ0) is 16.3. The number of ether oxygens (including phenoxy) is 1. The normalized spacial score (nSPS) is 21.6. The summed E-state index contributed by atoms with van der Waals surface area (Å²) in [6.07, 6.45) is 3.55. The maximum atomic E-state index is 12.5. The molecular formula is C16H28N2O3. The molecule has 0 aromatic heterocycles. The number of rotatable bonds is 4. The maximum absolute atomic E-state index is 12.5. The number of amides is 2. The Kier molecular flexibility index (Phi) is 5.42. The van der Waals surface area contributed by atoms with Gasteiger partial charge in [-0.05, 0) is 47.0 Å². The van der Waals surface area contributed by atoms with Crippen molar-refractivity contribution in [2.45, 2.75) is 71.1 Å². The summed E-state index contributed by atoms with van der Waals surface area (Å²) in [5.74, 6) is -0.136. The number of hydrogen-bond donors (Lipinski definition) is 1. The Hall–Kier alpha value is -1.52. The minimum atomic E-state index is -0.556. The van der Waals surface area contributed by atoms with Crippen molar-refractivity contribution in [3.05, 3.63) is 12.7 Å². The highest BCUT2D eigenvalue weighted by Crippen LogP contribution is 2.22. The molecule has 0 aliphatic carbocycles. The standard InChI is InChI=1S/C16H28N2O3/c1-7-16(6,8-2)17-13(19)12-10-9-11-18(12)14(20)21-15(3,4)5/h7,12H,1,8-11H2,2-6H3,(H,17,19)/t12?,16-/m0/s1. The van der Waals surface area contributed by atoms with Crippen LogP contribution >= 0.6 is 0 Å². The fraction of sp³-hybridized carbons (Fsp3) is 0.750. The second-order valence-electron chi connectivity index (χ2n) is 6.80. The van der Waals surface area contributed by atoms with Crippen LogP contribution in [0, 0.1) is 0 Å². The summed E-state index contributed by atoms with van der Waals surface area (Å²) >= 11 is 0. The summed E-state index contributed by atoms with van der Waals surface area (Å²) in [5.41, 5.74) is -1.00. The summed E-state index contributed by atoms with van der Waals surface area (Å²) in [4.78, 5) is 26.2. The van der Waals surface area contributed by atoms with Crippen LogP contribution in [0.5, 0.6) is 0 Å². The predicted octanol–water partition coefficient (Wildman–Crippen LogP) is 2.86. The van der Waals surface area contributed by atoms with Crippen LogP contribution in [0.2, 0.25) is 0 Å². The van der Waals surface area contributed by atoms with E-state index in [4.69, 9.17) is 4.74 Å². The van der Waals surface area contributed by atoms with Crippen LogP contribution < -0.4 is 5.32 Å². The molecule has 1 aliphatic rings. The summed E-state index contributed by atoms with van der Waals surface area (Å²) in [6.45, 7) is 13.7. The third-order valence-electron chi connectivity index (χ3n) is 3.78. The number of likely N-dealkylation sites (tertiary alicyclic amines) is 1. The zero-order valence-corrected chi connectivity index (χ0v) is 13.9. The smallest absolute Gasteiger partial charge is 0.410 e. The predicted molar refractivity (Wildman–Crippen MR) is 83.0 cm³/mol. The molecule has 1 aliphatic heterocycles. The molecule has 5 heteroatoms. The Morgan fingerprint density at radius 1 is 1.38 bits per heavy atom. The molecule has 1 rings (SSSR count). The molecule has 1 heterocycles. The minimum Gasteiger partial charge on any atom is -0.444 e. The van der Waals surface area contributed by atoms with Crippen LogP contribution in [0.1, 0.15) is 53.9 Å². The number of nitrogens with zero attached hydrogens (tertiary/aromatic N) is 1. The van der Waals surface area contributed by atoms with Gasteiger partial charge in [-0.25, -0.2) is 4.79 Å². The Morgan fingerprint density at radius 3 is 2.48 bits per heavy atom. The maximum Gasteiger partial charge on any atom is 0.410 e. The van der Waals surface area contributed by atoms with Crippen molar-refractivity contribution in [2.75, 3.05) is 6.54 Å². The van der Waals surface area contributed by atoms with E-state index in [1.54, 1.807) is 6.08 Å². The van der Waals surface area contributed by atoms with E-state index in [1.807, 2.05) is 34.6 Å². The molecule has 1 saturated heterocycles. The fourth-order valence-electron chi connectivity index (χ4n) is 2.23. The van der Waals surface area contributed by atoms with Crippen molar-refractivity contribution in [2.24, 2.45) is 0 Å². The lowest BCUT2D eigenvalue weighted by molar-refractivity contribution is -0.126. The number of carbonyl (C=O) groups excluding carboxylic acids is 2. The molecule has 0 radical (unpaired) electrons. The van der Waals surface area contributed by atoms with Crippen molar-refractivity contribution >= 4 is 12.0 Å². The third kappa shape index (κ3) is 4.76. The molecule has 0 bridgehead atoms. The van der Waals surface area contributed by atoms with Crippen molar-refractivity contribution in [3.8, 4) is 0 Å². The highest BCUT2D eigenvalue weighted by atomic mass is 16.6. The Bertz CT molecular complexity index is 414. The topological polar surface area (TPSA) is 58.6 Å². The van der Waals surface area contributed by atoms with Gasteiger partial charge < -0.3 is 10.1 Å². The van der Waals surface area contributed by atoms with Crippen LogP contribution in [0.4, 0.5) is 4.79 Å². The van der Waals surface area contributed by atoms with Gasteiger partial charge in [0.05, 0.1) is 5.54 Å². The Morgan fingerprint density at radius 2 is 2.00 bits per heavy atom. The summed E-state index contributed by atoms with van der Waals surface area (Å²) in [5, 5.41) is 2.98. The Labute approximate surface area is 127 Å². The van der Waals surface area contributed by atoms with Crippen LogP contribution in [-0.4, -0.2) is 40.6 Å². The summed E-state index contributed by atoms with van der Waals surface area (Å²) in [7, 11) is 0. The van der Waals surface area contributed by atoms with E-state index in [-0.39, 0.29) is 5.91 Å². The molecule has 1 fully saturated rings. The van der Waals surface area contributed by atoms with Crippen molar-refractivity contribution < 1.29 is 14.3 Å². The first-order valence-corrected chi connectivity index (χ1v) is 7.57. The fourth-order valence-corrected chi connectivity index (χ4v) is 2.23. The van der Waals surface area contributed by atoms with E-state index < -0.39 is 23.3 Å². The van der Waals surface area contributed by atoms with Gasteiger partial charge >= 0.3 is 6.09 Å². The van der Waals surface area contributed by atoms with Gasteiger partial charge in [-0.15, -0.1) is 6.58 Å². The van der Waals surface area contributed by atoms with E-state index in [0.717, 1.165) is 12.8 Å². The van der Waals surface area contributed by atoms with Gasteiger partial charge in [-0.1, -0.05) is 13.0 Å². The molecule has 2 amide bonds. The molecule has 0 aromatic rings. The lowest BCUT2D eigenvalue weighted by atomic mass is 9.98. The molecule has 120 valence electrons. The molecule has 1 unspecified atom stereocenters. The quantitative estimate of drug-likeness (QED) is 0.812. The van der Waals surface area contributed by atoms with E-state index >= 15 is 0 Å². The molecule has 2 atom stereocenters. The van der Waals surface area contributed by atoms with Gasteiger partial charge in [0.25, 0.3) is 0 Å². The lowest BCUT2D eigenvalue weighted by Crippen LogP contribution is -2.53. The largest absolute Gasteiger partial charge is 0.444 e. The van der Waals surface area contributed by atoms with Gasteiger partial charge in [0.2, 0.25) is 5.91 Å². The molecule has 5 nitrogen and oxygen atoms in total. The van der Waals surface area contributed by atoms with Gasteiger partial charge in [-0.2, -0.15) is 0 Å². The monoisotopic (exact) mass is 296 g/mol. The average molecular weight is 296 g/mol. The minimum absolute atomic E-state index is 0.136. The summed E-state index contributed by atoms with van der Waals surface area (Å²) in [6, 6.07) is -0.453. The highest BCUT2D eigenvalue weighted by molar-refractivity contribution is 5.87. The van der Waals surface area contributed by atoms with Crippen molar-refractivity contribution in [3.63, 3.8) is 0 Å². The lowest BCUT2D eigenvalue weighted by Gasteiger charge is -2.31. The van der Waals surface area contributed by atoms with Gasteiger partial charge in [0.15, 0.2) is 0 Å². The number of hydrogen-bond acceptors (Lipinski definition) is 3. The van der Waals surface area contributed by atoms with Crippen LogP contribution in [-0.2, 0) is 9.53 Å². The van der Waals surface area contributed by atoms with E-state index in [9.17, 15) is 9.59 Å². The second-order valence-corrected chi connectivity index (χ2v) is 6.80. The van der Waals surface area contributed by atoms with Crippen molar-refractivity contribution in [1.29, 1.82) is 0 Å². The molecule has 0 spiro atoms. The van der Waals surface area contributed by atoms with Gasteiger partial charge in [-0.3, -0.25) is 9.69 Å². The van der Waals surface area contributed by atoms with Crippen molar-refractivity contribution in [1.82, 2.24) is 10.2 Å². The summed E-state index contributed by atoms with van der Waals surface area (Å²) < 4.78 is 5.37. The SMILES string of the molecule is C=C[C@@](C)(CC)NC(=O)C1CCCN1C(=O)OC(C)(C)C. The van der Waals surface area contributed by atoms with Crippen LogP contribution in [0.15, 0.2) is 12.7 Å². The molecule has 1 N–H and O–H groups in total. The first kappa shape index (κ1) is 17.5. The first-order valence-electron chi connectivity index (χ1n) is 7.57. The van der Waals surface area contributed by atoms with Crippen LogP contribution in [0.3, 0.4) is 0 Å². The molecule has 0 aromatic carbocycles. The van der Waals surface area contributed by atoms with E-state index in [2.05, 4.69) is 11.9 Å². The second kappa shape index (κ2) is 6.50. The van der Waals surface area contributed by atoms with Gasteiger partial charge in [0.1, 0.15) is 11.6 Å². The first-order chi connectivity index (χ1) is 9.62. The molecule has 21 heavy (non-hydrogen) atoms. The average Bonchev–Trinajstić information content (AvgIpc) is 2.86. The van der Waals surface area contributed by atoms with Gasteiger partial charge in [0, 0.05) is 6.54 Å². The van der Waals surface area contributed by atoms with E-state index in [1.165, 1.54) is 4.90 Å². The van der Waals surface area contributed by atoms with E-state index in [0.29, 0.717) is 13.0 Å². The molecular weight excluding hydrogens is 268 g/mol.